The SMILES string of the molecule is COc1ccc(N)cc1C(=O)N(C)CC1CC2CCC1C2. The maximum Gasteiger partial charge on any atom is 0.257 e. The second-order valence-electron chi connectivity index (χ2n) is 6.58. The fourth-order valence-corrected chi connectivity index (χ4v) is 4.13. The van der Waals surface area contributed by atoms with Gasteiger partial charge in [-0.1, -0.05) is 6.42 Å². The molecule has 21 heavy (non-hydrogen) atoms. The van der Waals surface area contributed by atoms with Crippen LogP contribution in [-0.4, -0.2) is 31.5 Å². The molecule has 3 unspecified atom stereocenters. The summed E-state index contributed by atoms with van der Waals surface area (Å²) in [6.45, 7) is 0.845. The summed E-state index contributed by atoms with van der Waals surface area (Å²) in [5.74, 6) is 3.00. The number of anilines is 1. The highest BCUT2D eigenvalue weighted by molar-refractivity contribution is 5.97. The van der Waals surface area contributed by atoms with E-state index in [1.807, 2.05) is 11.9 Å². The Labute approximate surface area is 126 Å². The number of carbonyl (C=O) groups is 1. The molecular weight excluding hydrogens is 264 g/mol. The second kappa shape index (κ2) is 5.58. The Balaban J connectivity index is 1.71. The van der Waals surface area contributed by atoms with E-state index in [-0.39, 0.29) is 5.91 Å². The molecule has 1 aromatic rings. The van der Waals surface area contributed by atoms with Crippen LogP contribution in [0.25, 0.3) is 0 Å². The van der Waals surface area contributed by atoms with Crippen molar-refractivity contribution in [3.63, 3.8) is 0 Å². The number of amides is 1. The van der Waals surface area contributed by atoms with E-state index in [2.05, 4.69) is 0 Å². The zero-order chi connectivity index (χ0) is 15.0. The van der Waals surface area contributed by atoms with Gasteiger partial charge in [-0.15, -0.1) is 0 Å². The molecule has 4 nitrogen and oxygen atoms in total. The summed E-state index contributed by atoms with van der Waals surface area (Å²) in [4.78, 5) is 14.5. The Hall–Kier alpha value is -1.71. The average molecular weight is 288 g/mol. The van der Waals surface area contributed by atoms with Gasteiger partial charge in [-0.2, -0.15) is 0 Å². The van der Waals surface area contributed by atoms with Gasteiger partial charge < -0.3 is 15.4 Å². The summed E-state index contributed by atoms with van der Waals surface area (Å²) < 4.78 is 5.29. The number of benzene rings is 1. The molecule has 0 spiro atoms. The Morgan fingerprint density at radius 2 is 2.19 bits per heavy atom. The highest BCUT2D eigenvalue weighted by atomic mass is 16.5. The van der Waals surface area contributed by atoms with Crippen molar-refractivity contribution in [2.75, 3.05) is 26.4 Å². The molecule has 2 aliphatic carbocycles. The summed E-state index contributed by atoms with van der Waals surface area (Å²) >= 11 is 0. The van der Waals surface area contributed by atoms with E-state index in [0.717, 1.165) is 18.4 Å². The largest absolute Gasteiger partial charge is 0.496 e. The van der Waals surface area contributed by atoms with Gasteiger partial charge in [0.05, 0.1) is 12.7 Å². The molecule has 0 saturated heterocycles. The zero-order valence-corrected chi connectivity index (χ0v) is 12.8. The number of nitrogens with two attached hydrogens (primary N) is 1. The highest BCUT2D eigenvalue weighted by Crippen LogP contribution is 2.48. The van der Waals surface area contributed by atoms with Gasteiger partial charge in [-0.05, 0) is 55.2 Å². The Morgan fingerprint density at radius 3 is 2.81 bits per heavy atom. The van der Waals surface area contributed by atoms with Crippen LogP contribution in [0.1, 0.15) is 36.0 Å². The van der Waals surface area contributed by atoms with E-state index in [1.54, 1.807) is 25.3 Å². The van der Waals surface area contributed by atoms with Crippen LogP contribution in [0.4, 0.5) is 5.69 Å². The first kappa shape index (κ1) is 14.2. The van der Waals surface area contributed by atoms with Crippen LogP contribution in [0.5, 0.6) is 5.75 Å². The summed E-state index contributed by atoms with van der Waals surface area (Å²) in [5, 5.41) is 0. The van der Waals surface area contributed by atoms with Gasteiger partial charge in [0.1, 0.15) is 5.75 Å². The van der Waals surface area contributed by atoms with Crippen LogP contribution < -0.4 is 10.5 Å². The molecule has 3 atom stereocenters. The molecule has 2 fully saturated rings. The molecule has 2 bridgehead atoms. The van der Waals surface area contributed by atoms with Gasteiger partial charge in [0, 0.05) is 19.3 Å². The van der Waals surface area contributed by atoms with Crippen molar-refractivity contribution in [3.8, 4) is 5.75 Å². The van der Waals surface area contributed by atoms with Crippen LogP contribution in [0, 0.1) is 17.8 Å². The number of carbonyl (C=O) groups excluding carboxylic acids is 1. The lowest BCUT2D eigenvalue weighted by Gasteiger charge is -2.27. The molecule has 2 saturated carbocycles. The van der Waals surface area contributed by atoms with Crippen LogP contribution in [-0.2, 0) is 0 Å². The van der Waals surface area contributed by atoms with Gasteiger partial charge in [0.15, 0.2) is 0 Å². The lowest BCUT2D eigenvalue weighted by Crippen LogP contribution is -2.34. The van der Waals surface area contributed by atoms with Gasteiger partial charge in [0.2, 0.25) is 0 Å². The number of fused-ring (bicyclic) bond motifs is 2. The number of ether oxygens (including phenoxy) is 1. The van der Waals surface area contributed by atoms with Crippen molar-refractivity contribution in [3.05, 3.63) is 23.8 Å². The standard InChI is InChI=1S/C17H24N2O2/c1-19(10-13-8-11-3-4-12(13)7-11)17(20)15-9-14(18)5-6-16(15)21-2/h5-6,9,11-13H,3-4,7-8,10,18H2,1-2H3. The van der Waals surface area contributed by atoms with Gasteiger partial charge >= 0.3 is 0 Å². The van der Waals surface area contributed by atoms with E-state index in [4.69, 9.17) is 10.5 Å². The topological polar surface area (TPSA) is 55.6 Å². The molecule has 0 aliphatic heterocycles. The van der Waals surface area contributed by atoms with E-state index >= 15 is 0 Å². The predicted molar refractivity (Wildman–Crippen MR) is 83.3 cm³/mol. The van der Waals surface area contributed by atoms with Crippen molar-refractivity contribution in [2.45, 2.75) is 25.7 Å². The number of rotatable bonds is 4. The zero-order valence-electron chi connectivity index (χ0n) is 12.8. The summed E-state index contributed by atoms with van der Waals surface area (Å²) in [5.41, 5.74) is 6.96. The minimum atomic E-state index is 0.00178. The normalized spacial score (nSPS) is 26.9. The quantitative estimate of drug-likeness (QED) is 0.867. The average Bonchev–Trinajstić information content (AvgIpc) is 3.09. The third-order valence-electron chi connectivity index (χ3n) is 5.19. The minimum Gasteiger partial charge on any atom is -0.496 e. The highest BCUT2D eigenvalue weighted by Gasteiger charge is 2.40. The number of nitrogen functional groups attached to an aromatic ring is 1. The first-order valence-electron chi connectivity index (χ1n) is 7.77. The molecule has 2 aliphatic rings. The molecular formula is C17H24N2O2. The fraction of sp³-hybridized carbons (Fsp3) is 0.588. The molecule has 0 aromatic heterocycles. The van der Waals surface area contributed by atoms with E-state index in [0.29, 0.717) is 22.9 Å². The maximum absolute atomic E-state index is 12.7. The van der Waals surface area contributed by atoms with Gasteiger partial charge in [0.25, 0.3) is 5.91 Å². The van der Waals surface area contributed by atoms with Crippen LogP contribution in [0.15, 0.2) is 18.2 Å². The van der Waals surface area contributed by atoms with E-state index in [9.17, 15) is 4.79 Å². The number of hydrogen-bond acceptors (Lipinski definition) is 3. The predicted octanol–water partition coefficient (Wildman–Crippen LogP) is 2.79. The lowest BCUT2D eigenvalue weighted by molar-refractivity contribution is 0.0751. The number of hydrogen-bond donors (Lipinski definition) is 1. The third-order valence-corrected chi connectivity index (χ3v) is 5.19. The molecule has 3 rings (SSSR count). The molecule has 1 aromatic carbocycles. The molecule has 0 heterocycles. The van der Waals surface area contributed by atoms with Crippen LogP contribution in [0.2, 0.25) is 0 Å². The lowest BCUT2D eigenvalue weighted by atomic mass is 9.88. The van der Waals surface area contributed by atoms with Crippen molar-refractivity contribution in [2.24, 2.45) is 17.8 Å². The third kappa shape index (κ3) is 2.71. The van der Waals surface area contributed by atoms with Gasteiger partial charge in [-0.25, -0.2) is 0 Å². The Bertz CT molecular complexity index is 544. The van der Waals surface area contributed by atoms with Crippen LogP contribution >= 0.6 is 0 Å². The molecule has 0 radical (unpaired) electrons. The Kier molecular flexibility index (Phi) is 3.79. The Morgan fingerprint density at radius 1 is 1.38 bits per heavy atom. The first-order valence-corrected chi connectivity index (χ1v) is 7.77. The van der Waals surface area contributed by atoms with Gasteiger partial charge in [-0.3, -0.25) is 4.79 Å². The first-order chi connectivity index (χ1) is 10.1. The smallest absolute Gasteiger partial charge is 0.257 e. The molecule has 2 N–H and O–H groups in total. The summed E-state index contributed by atoms with van der Waals surface area (Å²) in [6.07, 6.45) is 5.39. The summed E-state index contributed by atoms with van der Waals surface area (Å²) in [6, 6.07) is 5.22. The number of methoxy groups -OCH3 is 1. The van der Waals surface area contributed by atoms with Crippen molar-refractivity contribution in [1.29, 1.82) is 0 Å². The van der Waals surface area contributed by atoms with Crippen molar-refractivity contribution >= 4 is 11.6 Å². The monoisotopic (exact) mass is 288 g/mol. The maximum atomic E-state index is 12.7. The van der Waals surface area contributed by atoms with E-state index < -0.39 is 0 Å². The fourth-order valence-electron chi connectivity index (χ4n) is 4.13. The molecule has 4 heteroatoms. The minimum absolute atomic E-state index is 0.00178. The number of nitrogens with zero attached hydrogens (tertiary/aromatic N) is 1. The van der Waals surface area contributed by atoms with Crippen molar-refractivity contribution in [1.82, 2.24) is 4.90 Å². The molecule has 114 valence electrons. The summed E-state index contributed by atoms with van der Waals surface area (Å²) in [7, 11) is 3.47. The van der Waals surface area contributed by atoms with Crippen molar-refractivity contribution < 1.29 is 9.53 Å². The molecule has 1 amide bonds. The van der Waals surface area contributed by atoms with E-state index in [1.165, 1.54) is 25.7 Å². The second-order valence-corrected chi connectivity index (χ2v) is 6.58. The van der Waals surface area contributed by atoms with Crippen LogP contribution in [0.3, 0.4) is 0 Å².